The van der Waals surface area contributed by atoms with Crippen molar-refractivity contribution in [3.8, 4) is 0 Å². The highest BCUT2D eigenvalue weighted by Gasteiger charge is 2.12. The van der Waals surface area contributed by atoms with Crippen LogP contribution in [0.5, 0.6) is 0 Å². The Bertz CT molecular complexity index is 534. The first kappa shape index (κ1) is 13.3. The molecule has 0 radical (unpaired) electrons. The van der Waals surface area contributed by atoms with E-state index in [-0.39, 0.29) is 11.9 Å². The molecule has 3 nitrogen and oxygen atoms in total. The molecule has 2 rings (SSSR count). The van der Waals surface area contributed by atoms with Gasteiger partial charge in [-0.2, -0.15) is 4.57 Å². The van der Waals surface area contributed by atoms with E-state index in [1.54, 1.807) is 0 Å². The average Bonchev–Trinajstić information content (AvgIpc) is 2.42. The average molecular weight is 255 g/mol. The van der Waals surface area contributed by atoms with Crippen LogP contribution in [-0.4, -0.2) is 5.91 Å². The second-order valence-electron chi connectivity index (χ2n) is 4.75. The predicted octanol–water partition coefficient (Wildman–Crippen LogP) is 2.16. The third-order valence-corrected chi connectivity index (χ3v) is 3.06. The van der Waals surface area contributed by atoms with Gasteiger partial charge in [-0.3, -0.25) is 4.79 Å². The molecule has 1 aromatic heterocycles. The van der Waals surface area contributed by atoms with E-state index in [0.717, 1.165) is 5.56 Å². The molecule has 0 bridgehead atoms. The summed E-state index contributed by atoms with van der Waals surface area (Å²) in [5.74, 6) is 0.0187. The van der Waals surface area contributed by atoms with Crippen molar-refractivity contribution in [1.82, 2.24) is 5.32 Å². The number of amides is 1. The van der Waals surface area contributed by atoms with Crippen LogP contribution in [0.1, 0.15) is 24.1 Å². The van der Waals surface area contributed by atoms with Crippen molar-refractivity contribution in [3.63, 3.8) is 0 Å². The minimum atomic E-state index is 0.0187. The first-order valence-electron chi connectivity index (χ1n) is 6.45. The van der Waals surface area contributed by atoms with E-state index in [4.69, 9.17) is 0 Å². The molecule has 1 aromatic carbocycles. The summed E-state index contributed by atoms with van der Waals surface area (Å²) >= 11 is 0. The number of pyridine rings is 1. The van der Waals surface area contributed by atoms with E-state index in [1.807, 2.05) is 73.3 Å². The maximum absolute atomic E-state index is 11.9. The standard InChI is InChI=1S/C16H18N2O/c1-13-8-10-18(11-9-13)12-16(19)17-14(2)15-6-4-3-5-7-15/h3-11,14H,12H2,1-2H3/p+1. The highest BCUT2D eigenvalue weighted by atomic mass is 16.2. The van der Waals surface area contributed by atoms with Gasteiger partial charge < -0.3 is 5.32 Å². The molecule has 0 saturated carbocycles. The Labute approximate surface area is 113 Å². The molecule has 1 unspecified atom stereocenters. The Morgan fingerprint density at radius 3 is 2.42 bits per heavy atom. The fourth-order valence-corrected chi connectivity index (χ4v) is 1.92. The third-order valence-electron chi connectivity index (χ3n) is 3.06. The van der Waals surface area contributed by atoms with Crippen LogP contribution in [0.25, 0.3) is 0 Å². The number of nitrogens with zero attached hydrogens (tertiary/aromatic N) is 1. The van der Waals surface area contributed by atoms with Gasteiger partial charge in [0.2, 0.25) is 6.54 Å². The summed E-state index contributed by atoms with van der Waals surface area (Å²) in [4.78, 5) is 11.9. The molecule has 0 fully saturated rings. The Morgan fingerprint density at radius 2 is 1.79 bits per heavy atom. The number of aromatic nitrogens is 1. The lowest BCUT2D eigenvalue weighted by Gasteiger charge is -2.12. The lowest BCUT2D eigenvalue weighted by molar-refractivity contribution is -0.684. The molecule has 1 amide bonds. The number of benzene rings is 1. The molecule has 0 saturated heterocycles. The number of hydrogen-bond acceptors (Lipinski definition) is 1. The van der Waals surface area contributed by atoms with Gasteiger partial charge in [0.05, 0.1) is 6.04 Å². The van der Waals surface area contributed by atoms with Crippen LogP contribution >= 0.6 is 0 Å². The van der Waals surface area contributed by atoms with Crippen molar-refractivity contribution in [2.24, 2.45) is 0 Å². The molecule has 1 N–H and O–H groups in total. The van der Waals surface area contributed by atoms with E-state index in [9.17, 15) is 4.79 Å². The van der Waals surface area contributed by atoms with Gasteiger partial charge in [0.15, 0.2) is 12.4 Å². The van der Waals surface area contributed by atoms with Crippen LogP contribution in [0.2, 0.25) is 0 Å². The zero-order valence-corrected chi connectivity index (χ0v) is 11.3. The number of carbonyl (C=O) groups excluding carboxylic acids is 1. The largest absolute Gasteiger partial charge is 0.344 e. The molecule has 98 valence electrons. The SMILES string of the molecule is Cc1cc[n+](CC(=O)NC(C)c2ccccc2)cc1. The second kappa shape index (κ2) is 6.14. The van der Waals surface area contributed by atoms with Crippen molar-refractivity contribution in [3.05, 3.63) is 66.0 Å². The van der Waals surface area contributed by atoms with Crippen molar-refractivity contribution in [1.29, 1.82) is 0 Å². The number of carbonyl (C=O) groups is 1. The fraction of sp³-hybridized carbons (Fsp3) is 0.250. The van der Waals surface area contributed by atoms with Gasteiger partial charge in [-0.1, -0.05) is 30.3 Å². The minimum Gasteiger partial charge on any atom is -0.344 e. The van der Waals surface area contributed by atoms with Gasteiger partial charge >= 0.3 is 0 Å². The smallest absolute Gasteiger partial charge is 0.286 e. The van der Waals surface area contributed by atoms with Gasteiger partial charge in [0.25, 0.3) is 5.91 Å². The summed E-state index contributed by atoms with van der Waals surface area (Å²) in [6.07, 6.45) is 3.84. The monoisotopic (exact) mass is 255 g/mol. The Hall–Kier alpha value is -2.16. The predicted molar refractivity (Wildman–Crippen MR) is 74.4 cm³/mol. The molecule has 2 aromatic rings. The highest BCUT2D eigenvalue weighted by Crippen LogP contribution is 2.10. The molecule has 0 aliphatic heterocycles. The maximum atomic E-state index is 11.9. The molecule has 0 aliphatic carbocycles. The first-order valence-corrected chi connectivity index (χ1v) is 6.45. The van der Waals surface area contributed by atoms with Gasteiger partial charge in [0.1, 0.15) is 0 Å². The topological polar surface area (TPSA) is 33.0 Å². The van der Waals surface area contributed by atoms with Crippen molar-refractivity contribution in [2.45, 2.75) is 26.4 Å². The number of nitrogens with one attached hydrogen (secondary N) is 1. The van der Waals surface area contributed by atoms with Crippen LogP contribution in [0.4, 0.5) is 0 Å². The Kier molecular flexibility index (Phi) is 4.29. The van der Waals surface area contributed by atoms with Crippen LogP contribution in [-0.2, 0) is 11.3 Å². The van der Waals surface area contributed by atoms with Crippen molar-refractivity contribution in [2.75, 3.05) is 0 Å². The van der Waals surface area contributed by atoms with E-state index in [0.29, 0.717) is 6.54 Å². The van der Waals surface area contributed by atoms with E-state index in [1.165, 1.54) is 5.56 Å². The van der Waals surface area contributed by atoms with E-state index >= 15 is 0 Å². The van der Waals surface area contributed by atoms with Crippen molar-refractivity contribution < 1.29 is 9.36 Å². The van der Waals surface area contributed by atoms with Crippen LogP contribution in [0.3, 0.4) is 0 Å². The summed E-state index contributed by atoms with van der Waals surface area (Å²) in [6, 6.07) is 14.0. The summed E-state index contributed by atoms with van der Waals surface area (Å²) < 4.78 is 1.88. The van der Waals surface area contributed by atoms with Gasteiger partial charge in [0, 0.05) is 12.1 Å². The number of hydrogen-bond donors (Lipinski definition) is 1. The third kappa shape index (κ3) is 3.91. The number of rotatable bonds is 4. The summed E-state index contributed by atoms with van der Waals surface area (Å²) in [7, 11) is 0. The number of aryl methyl sites for hydroxylation is 1. The molecular formula is C16H19N2O+. The summed E-state index contributed by atoms with van der Waals surface area (Å²) in [5.41, 5.74) is 2.30. The van der Waals surface area contributed by atoms with Gasteiger partial charge in [-0.05, 0) is 25.0 Å². The Balaban J connectivity index is 1.93. The van der Waals surface area contributed by atoms with E-state index in [2.05, 4.69) is 5.32 Å². The van der Waals surface area contributed by atoms with Crippen LogP contribution < -0.4 is 9.88 Å². The molecular weight excluding hydrogens is 236 g/mol. The Morgan fingerprint density at radius 1 is 1.16 bits per heavy atom. The quantitative estimate of drug-likeness (QED) is 0.834. The lowest BCUT2D eigenvalue weighted by atomic mass is 10.1. The molecule has 1 atom stereocenters. The molecule has 19 heavy (non-hydrogen) atoms. The summed E-state index contributed by atoms with van der Waals surface area (Å²) in [6.45, 7) is 4.37. The first-order chi connectivity index (χ1) is 9.15. The zero-order chi connectivity index (χ0) is 13.7. The second-order valence-corrected chi connectivity index (χ2v) is 4.75. The normalized spacial score (nSPS) is 11.9. The van der Waals surface area contributed by atoms with E-state index < -0.39 is 0 Å². The molecule has 1 heterocycles. The van der Waals surface area contributed by atoms with Crippen LogP contribution in [0.15, 0.2) is 54.9 Å². The lowest BCUT2D eigenvalue weighted by Crippen LogP contribution is -2.43. The minimum absolute atomic E-state index is 0.0187. The zero-order valence-electron chi connectivity index (χ0n) is 11.3. The van der Waals surface area contributed by atoms with Gasteiger partial charge in [-0.25, -0.2) is 0 Å². The van der Waals surface area contributed by atoms with Gasteiger partial charge in [-0.15, -0.1) is 0 Å². The fourth-order valence-electron chi connectivity index (χ4n) is 1.92. The molecule has 0 spiro atoms. The summed E-state index contributed by atoms with van der Waals surface area (Å²) in [5, 5.41) is 3.00. The maximum Gasteiger partial charge on any atom is 0.286 e. The van der Waals surface area contributed by atoms with Crippen LogP contribution in [0, 0.1) is 6.92 Å². The highest BCUT2D eigenvalue weighted by molar-refractivity contribution is 5.74. The molecule has 3 heteroatoms. The van der Waals surface area contributed by atoms with Crippen molar-refractivity contribution >= 4 is 5.91 Å². The molecule has 0 aliphatic rings.